The molecule has 0 radical (unpaired) electrons. The first-order chi connectivity index (χ1) is 25.5. The Hall–Kier alpha value is -6.05. The average molecular weight is 743 g/mol. The van der Waals surface area contributed by atoms with Gasteiger partial charge >= 0.3 is 23.9 Å². The number of nitrogens with one attached hydrogen (secondary N) is 1. The van der Waals surface area contributed by atoms with Crippen LogP contribution in [0, 0.1) is 36.1 Å². The van der Waals surface area contributed by atoms with E-state index in [0.717, 1.165) is 0 Å². The monoisotopic (exact) mass is 742 g/mol. The number of aromatic nitrogens is 1. The van der Waals surface area contributed by atoms with Gasteiger partial charge in [0.2, 0.25) is 0 Å². The highest BCUT2D eigenvalue weighted by molar-refractivity contribution is 6.08. The quantitative estimate of drug-likeness (QED) is 0.0660. The number of azo groups is 1. The van der Waals surface area contributed by atoms with E-state index >= 15 is 0 Å². The number of ether oxygens (including phenoxy) is 4. The van der Waals surface area contributed by atoms with E-state index in [2.05, 4.69) is 10.3 Å². The minimum Gasteiger partial charge on any atom is -0.561 e. The molecule has 1 unspecified atom stereocenters. The number of pyridine rings is 1. The lowest BCUT2D eigenvalue weighted by Crippen LogP contribution is -2.33. The third kappa shape index (κ3) is 8.27. The molecule has 3 aromatic rings. The molecule has 1 aromatic heterocycles. The zero-order chi connectivity index (χ0) is 40.0. The molecule has 0 bridgehead atoms. The summed E-state index contributed by atoms with van der Waals surface area (Å²) in [7, 11) is 2.37. The number of carbonyl (C=O) groups excluding carboxylic acids is 4. The standard InChI is InChI=1S/C40H46N4O10/c1-21(2)19-53-39(47)33-25(7)41-23(5)31(37(45)51-9)35(33)27-15-11-13-17-29(27)43(49)44(50)30-18-14-12-16-28(30)36-32(38(46)52-10)24(6)42-26(8)34(36)40(48)54-20-22(3)4/h11-18,21-22,35,41H,19-20H2,1-10H3/b44-43+. The molecule has 54 heavy (non-hydrogen) atoms. The normalized spacial score (nSPS) is 14.8. The second kappa shape index (κ2) is 17.2. The van der Waals surface area contributed by atoms with Crippen LogP contribution in [0.4, 0.5) is 11.4 Å². The molecule has 0 saturated carbocycles. The van der Waals surface area contributed by atoms with Crippen LogP contribution in [0.1, 0.15) is 85.1 Å². The third-order valence-corrected chi connectivity index (χ3v) is 8.63. The highest BCUT2D eigenvalue weighted by atomic mass is 16.6. The van der Waals surface area contributed by atoms with Crippen LogP contribution in [0.3, 0.4) is 0 Å². The van der Waals surface area contributed by atoms with Crippen molar-refractivity contribution < 1.29 is 47.8 Å². The Balaban J connectivity index is 2.04. The van der Waals surface area contributed by atoms with Crippen LogP contribution in [0.5, 0.6) is 0 Å². The summed E-state index contributed by atoms with van der Waals surface area (Å²) in [6.07, 6.45) is 0. The van der Waals surface area contributed by atoms with Gasteiger partial charge in [0.1, 0.15) is 0 Å². The average Bonchev–Trinajstić information content (AvgIpc) is 3.14. The van der Waals surface area contributed by atoms with Crippen LogP contribution in [0.25, 0.3) is 11.1 Å². The Morgan fingerprint density at radius 1 is 0.685 bits per heavy atom. The van der Waals surface area contributed by atoms with Gasteiger partial charge in [-0.25, -0.2) is 19.2 Å². The number of rotatable bonds is 12. The minimum atomic E-state index is -1.19. The Bertz CT molecular complexity index is 2080. The van der Waals surface area contributed by atoms with E-state index in [4.69, 9.17) is 18.9 Å². The number of dihydropyridines is 1. The topological polar surface area (TPSA) is 182 Å². The van der Waals surface area contributed by atoms with E-state index in [1.54, 1.807) is 39.8 Å². The molecule has 4 rings (SSSR count). The van der Waals surface area contributed by atoms with Gasteiger partial charge in [-0.3, -0.25) is 4.98 Å². The van der Waals surface area contributed by atoms with Gasteiger partial charge < -0.3 is 34.7 Å². The van der Waals surface area contributed by atoms with Crippen molar-refractivity contribution in [3.8, 4) is 11.1 Å². The molecular weight excluding hydrogens is 696 g/mol. The lowest BCUT2D eigenvalue weighted by Gasteiger charge is -2.30. The van der Waals surface area contributed by atoms with Gasteiger partial charge in [-0.05, 0) is 45.6 Å². The number of methoxy groups -OCH3 is 2. The van der Waals surface area contributed by atoms with Crippen molar-refractivity contribution in [2.24, 2.45) is 11.8 Å². The van der Waals surface area contributed by atoms with Crippen molar-refractivity contribution in [3.05, 3.63) is 110 Å². The van der Waals surface area contributed by atoms with Gasteiger partial charge in [0.05, 0.1) is 82.3 Å². The minimum absolute atomic E-state index is 0.00243. The molecule has 0 saturated heterocycles. The van der Waals surface area contributed by atoms with Crippen molar-refractivity contribution >= 4 is 35.3 Å². The molecule has 0 spiro atoms. The second-order valence-corrected chi connectivity index (χ2v) is 13.6. The van der Waals surface area contributed by atoms with Crippen molar-refractivity contribution in [2.45, 2.75) is 61.3 Å². The van der Waals surface area contributed by atoms with Gasteiger partial charge in [0.25, 0.3) is 11.4 Å². The lowest BCUT2D eigenvalue weighted by atomic mass is 9.79. The molecule has 1 aliphatic heterocycles. The Labute approximate surface area is 314 Å². The summed E-state index contributed by atoms with van der Waals surface area (Å²) in [5.74, 6) is -4.29. The summed E-state index contributed by atoms with van der Waals surface area (Å²) in [6.45, 7) is 14.1. The molecule has 1 N–H and O–H groups in total. The van der Waals surface area contributed by atoms with E-state index in [-0.39, 0.29) is 96.5 Å². The summed E-state index contributed by atoms with van der Waals surface area (Å²) in [5.41, 5.74) is 0.816. The van der Waals surface area contributed by atoms with E-state index < -0.39 is 29.8 Å². The first kappa shape index (κ1) is 40.7. The van der Waals surface area contributed by atoms with Gasteiger partial charge in [0.15, 0.2) is 0 Å². The van der Waals surface area contributed by atoms with Crippen molar-refractivity contribution in [2.75, 3.05) is 27.4 Å². The van der Waals surface area contributed by atoms with Crippen LogP contribution in [0.15, 0.2) is 71.1 Å². The molecule has 2 heterocycles. The summed E-state index contributed by atoms with van der Waals surface area (Å²) in [6, 6.07) is 12.0. The molecule has 1 aliphatic rings. The van der Waals surface area contributed by atoms with Crippen molar-refractivity contribution in [1.82, 2.24) is 10.3 Å². The summed E-state index contributed by atoms with van der Waals surface area (Å²) in [5, 5.41) is 32.0. The molecule has 14 heteroatoms. The van der Waals surface area contributed by atoms with Gasteiger partial charge in [-0.1, -0.05) is 58.0 Å². The molecule has 14 nitrogen and oxygen atoms in total. The number of benzene rings is 2. The maximum absolute atomic E-state index is 14.5. The van der Waals surface area contributed by atoms with Crippen molar-refractivity contribution in [3.63, 3.8) is 0 Å². The fourth-order valence-corrected chi connectivity index (χ4v) is 6.27. The Morgan fingerprint density at radius 3 is 1.70 bits per heavy atom. The largest absolute Gasteiger partial charge is 0.561 e. The van der Waals surface area contributed by atoms with Crippen LogP contribution in [0.2, 0.25) is 0 Å². The number of carbonyl (C=O) groups is 4. The Kier molecular flexibility index (Phi) is 13.0. The van der Waals surface area contributed by atoms with Crippen LogP contribution in [-0.2, 0) is 28.5 Å². The second-order valence-electron chi connectivity index (χ2n) is 13.6. The number of aryl methyl sites for hydroxylation is 2. The number of hydrogen-bond acceptors (Lipinski definition) is 12. The number of esters is 4. The van der Waals surface area contributed by atoms with E-state index in [0.29, 0.717) is 11.4 Å². The molecule has 0 fully saturated rings. The fraction of sp³-hybridized carbons (Fsp3) is 0.375. The maximum atomic E-state index is 14.5. The predicted octanol–water partition coefficient (Wildman–Crippen LogP) is 7.01. The maximum Gasteiger partial charge on any atom is 0.340 e. The molecule has 0 aliphatic carbocycles. The summed E-state index contributed by atoms with van der Waals surface area (Å²) < 4.78 is 21.4. The molecule has 1 atom stereocenters. The fourth-order valence-electron chi connectivity index (χ4n) is 6.27. The SMILES string of the molecule is COC(=O)C1=C(C)NC(C)=C(C(=O)OCC(C)C)C1c1ccccc1/[N+]([O-])=[N+](\[O-])c1ccccc1-c1c(C(=O)OC)c(C)nc(C)c1C(=O)OCC(C)C. The van der Waals surface area contributed by atoms with Gasteiger partial charge in [0, 0.05) is 34.7 Å². The van der Waals surface area contributed by atoms with Gasteiger partial charge in [-0.15, -0.1) is 0 Å². The summed E-state index contributed by atoms with van der Waals surface area (Å²) in [4.78, 5) is 58.6. The number of hydrogen-bond donors (Lipinski definition) is 1. The van der Waals surface area contributed by atoms with Crippen LogP contribution < -0.4 is 5.32 Å². The molecular formula is C40H46N4O10. The third-order valence-electron chi connectivity index (χ3n) is 8.63. The van der Waals surface area contributed by atoms with Crippen LogP contribution >= 0.6 is 0 Å². The van der Waals surface area contributed by atoms with E-state index in [9.17, 15) is 29.6 Å². The van der Waals surface area contributed by atoms with E-state index in [1.807, 2.05) is 27.7 Å². The molecule has 2 aromatic carbocycles. The first-order valence-corrected chi connectivity index (χ1v) is 17.4. The summed E-state index contributed by atoms with van der Waals surface area (Å²) >= 11 is 0. The highest BCUT2D eigenvalue weighted by Crippen LogP contribution is 2.44. The van der Waals surface area contributed by atoms with E-state index in [1.165, 1.54) is 50.6 Å². The highest BCUT2D eigenvalue weighted by Gasteiger charge is 2.42. The first-order valence-electron chi connectivity index (χ1n) is 17.4. The number of nitrogens with zero attached hydrogens (tertiary/aromatic N) is 3. The number of para-hydroxylation sites is 2. The Morgan fingerprint density at radius 2 is 1.15 bits per heavy atom. The van der Waals surface area contributed by atoms with Crippen molar-refractivity contribution in [1.29, 1.82) is 0 Å². The van der Waals surface area contributed by atoms with Crippen LogP contribution in [-0.4, -0.2) is 66.0 Å². The molecule has 0 amide bonds. The molecule has 286 valence electrons. The lowest BCUT2D eigenvalue weighted by molar-refractivity contribution is -0.896. The zero-order valence-corrected chi connectivity index (χ0v) is 32.2. The predicted molar refractivity (Wildman–Crippen MR) is 198 cm³/mol. The zero-order valence-electron chi connectivity index (χ0n) is 32.2. The smallest absolute Gasteiger partial charge is 0.340 e. The number of allylic oxidation sites excluding steroid dienone is 2. The van der Waals surface area contributed by atoms with Gasteiger partial charge in [-0.2, -0.15) is 0 Å².